The Bertz CT molecular complexity index is 1250. The number of carbonyl (C=O) groups is 2. The van der Waals surface area contributed by atoms with Crippen LogP contribution in [0.5, 0.6) is 0 Å². The summed E-state index contributed by atoms with van der Waals surface area (Å²) in [5.74, 6) is -0.500. The molecule has 0 saturated carbocycles. The van der Waals surface area contributed by atoms with Crippen LogP contribution in [0.15, 0.2) is 77.7 Å². The highest BCUT2D eigenvalue weighted by Crippen LogP contribution is 2.19. The average Bonchev–Trinajstić information content (AvgIpc) is 2.84. The van der Waals surface area contributed by atoms with Crippen LogP contribution in [0.2, 0.25) is 0 Å². The highest BCUT2D eigenvalue weighted by molar-refractivity contribution is 7.89. The van der Waals surface area contributed by atoms with Gasteiger partial charge in [0.2, 0.25) is 10.0 Å². The van der Waals surface area contributed by atoms with Gasteiger partial charge in [0.25, 0.3) is 11.8 Å². The molecule has 0 unspecified atom stereocenters. The van der Waals surface area contributed by atoms with E-state index in [1.807, 2.05) is 44.2 Å². The zero-order valence-corrected chi connectivity index (χ0v) is 20.4. The van der Waals surface area contributed by atoms with Crippen molar-refractivity contribution in [1.82, 2.24) is 9.62 Å². The molecule has 3 rings (SSSR count). The highest BCUT2D eigenvalue weighted by Gasteiger charge is 2.18. The normalized spacial score (nSPS) is 11.1. The third-order valence-corrected chi connectivity index (χ3v) is 6.91. The summed E-state index contributed by atoms with van der Waals surface area (Å²) >= 11 is 0. The van der Waals surface area contributed by atoms with Crippen LogP contribution in [0.3, 0.4) is 0 Å². The number of carbonyl (C=O) groups excluding carboxylic acids is 2. The predicted molar refractivity (Wildman–Crippen MR) is 133 cm³/mol. The van der Waals surface area contributed by atoms with E-state index in [1.165, 1.54) is 12.1 Å². The van der Waals surface area contributed by atoms with Crippen molar-refractivity contribution in [2.24, 2.45) is 0 Å². The SMILES string of the molecule is CCN(CC)C(=O)c1ccc(NC(=O)c2cc(S(=O)(=O)NCc3ccccc3)ccc2C)cc1. The molecule has 0 aliphatic carbocycles. The topological polar surface area (TPSA) is 95.6 Å². The Kier molecular flexibility index (Phi) is 8.20. The molecule has 2 amide bonds. The van der Waals surface area contributed by atoms with Crippen LogP contribution in [0.25, 0.3) is 0 Å². The highest BCUT2D eigenvalue weighted by atomic mass is 32.2. The van der Waals surface area contributed by atoms with Gasteiger partial charge in [-0.2, -0.15) is 0 Å². The lowest BCUT2D eigenvalue weighted by atomic mass is 10.1. The number of hydrogen-bond donors (Lipinski definition) is 2. The molecule has 0 bridgehead atoms. The lowest BCUT2D eigenvalue weighted by Gasteiger charge is -2.18. The van der Waals surface area contributed by atoms with Crippen molar-refractivity contribution in [2.75, 3.05) is 18.4 Å². The molecule has 3 aromatic carbocycles. The summed E-state index contributed by atoms with van der Waals surface area (Å²) in [6, 6.07) is 20.3. The van der Waals surface area contributed by atoms with Crippen molar-refractivity contribution in [1.29, 1.82) is 0 Å². The third-order valence-electron chi connectivity index (χ3n) is 5.51. The number of anilines is 1. The minimum atomic E-state index is -3.80. The van der Waals surface area contributed by atoms with Crippen molar-refractivity contribution in [2.45, 2.75) is 32.2 Å². The fourth-order valence-electron chi connectivity index (χ4n) is 3.46. The molecular weight excluding hydrogens is 450 g/mol. The zero-order valence-electron chi connectivity index (χ0n) is 19.5. The van der Waals surface area contributed by atoms with Gasteiger partial charge < -0.3 is 10.2 Å². The molecule has 34 heavy (non-hydrogen) atoms. The maximum Gasteiger partial charge on any atom is 0.255 e. The molecular formula is C26H29N3O4S. The zero-order chi connectivity index (χ0) is 24.7. The van der Waals surface area contributed by atoms with E-state index in [0.29, 0.717) is 29.9 Å². The van der Waals surface area contributed by atoms with Gasteiger partial charge in [0.1, 0.15) is 0 Å². The fourth-order valence-corrected chi connectivity index (χ4v) is 4.50. The summed E-state index contributed by atoms with van der Waals surface area (Å²) in [4.78, 5) is 27.1. The smallest absolute Gasteiger partial charge is 0.255 e. The molecule has 3 aromatic rings. The van der Waals surface area contributed by atoms with Crippen LogP contribution >= 0.6 is 0 Å². The largest absolute Gasteiger partial charge is 0.339 e. The molecule has 0 saturated heterocycles. The van der Waals surface area contributed by atoms with Crippen molar-refractivity contribution < 1.29 is 18.0 Å². The van der Waals surface area contributed by atoms with Crippen molar-refractivity contribution in [3.8, 4) is 0 Å². The first-order valence-electron chi connectivity index (χ1n) is 11.1. The van der Waals surface area contributed by atoms with E-state index in [1.54, 1.807) is 42.2 Å². The molecule has 0 heterocycles. The summed E-state index contributed by atoms with van der Waals surface area (Å²) in [6.07, 6.45) is 0. The van der Waals surface area contributed by atoms with Crippen LogP contribution < -0.4 is 10.0 Å². The first kappa shape index (κ1) is 25.1. The first-order valence-corrected chi connectivity index (χ1v) is 12.6. The van der Waals surface area contributed by atoms with Crippen molar-refractivity contribution in [3.05, 3.63) is 95.1 Å². The number of nitrogens with one attached hydrogen (secondary N) is 2. The Hall–Kier alpha value is -3.49. The molecule has 0 aliphatic heterocycles. The number of benzene rings is 3. The first-order chi connectivity index (χ1) is 16.2. The molecule has 0 atom stereocenters. The van der Waals surface area contributed by atoms with Gasteiger partial charge in [0.15, 0.2) is 0 Å². The van der Waals surface area contributed by atoms with E-state index >= 15 is 0 Å². The van der Waals surface area contributed by atoms with Gasteiger partial charge in [-0.1, -0.05) is 36.4 Å². The van der Waals surface area contributed by atoms with E-state index in [9.17, 15) is 18.0 Å². The second-order valence-corrected chi connectivity index (χ2v) is 9.56. The molecule has 0 aliphatic rings. The van der Waals surface area contributed by atoms with Gasteiger partial charge in [-0.3, -0.25) is 9.59 Å². The summed E-state index contributed by atoms with van der Waals surface area (Å²) in [5.41, 5.74) is 2.78. The summed E-state index contributed by atoms with van der Waals surface area (Å²) in [7, 11) is -3.80. The van der Waals surface area contributed by atoms with Crippen molar-refractivity contribution in [3.63, 3.8) is 0 Å². The maximum atomic E-state index is 12.9. The molecule has 2 N–H and O–H groups in total. The van der Waals surface area contributed by atoms with Gasteiger partial charge in [-0.25, -0.2) is 13.1 Å². The standard InChI is InChI=1S/C26H29N3O4S/c1-4-29(5-2)26(31)21-12-14-22(15-13-21)28-25(30)24-17-23(16-11-19(24)3)34(32,33)27-18-20-9-7-6-8-10-20/h6-17,27H,4-5,18H2,1-3H3,(H,28,30). The number of amides is 2. The van der Waals surface area contributed by atoms with Gasteiger partial charge in [0, 0.05) is 36.4 Å². The van der Waals surface area contributed by atoms with Crippen LogP contribution in [0.4, 0.5) is 5.69 Å². The van der Waals surface area contributed by atoms with Crippen molar-refractivity contribution >= 4 is 27.5 Å². The average molecular weight is 480 g/mol. The van der Waals surface area contributed by atoms with E-state index in [-0.39, 0.29) is 22.9 Å². The van der Waals surface area contributed by atoms with Gasteiger partial charge in [-0.05, 0) is 68.3 Å². The predicted octanol–water partition coefficient (Wildman–Crippen LogP) is 4.21. The van der Waals surface area contributed by atoms with Crippen LogP contribution in [0, 0.1) is 6.92 Å². The Morgan fingerprint density at radius 2 is 1.53 bits per heavy atom. The number of aryl methyl sites for hydroxylation is 1. The molecule has 0 aromatic heterocycles. The van der Waals surface area contributed by atoms with Crippen LogP contribution in [0.1, 0.15) is 45.7 Å². The number of hydrogen-bond acceptors (Lipinski definition) is 4. The quantitative estimate of drug-likeness (QED) is 0.481. The summed E-state index contributed by atoms with van der Waals surface area (Å²) in [6.45, 7) is 6.97. The Morgan fingerprint density at radius 1 is 0.882 bits per heavy atom. The van der Waals surface area contributed by atoms with Gasteiger partial charge >= 0.3 is 0 Å². The Morgan fingerprint density at radius 3 is 2.15 bits per heavy atom. The summed E-state index contributed by atoms with van der Waals surface area (Å²) < 4.78 is 28.1. The molecule has 8 heteroatoms. The monoisotopic (exact) mass is 479 g/mol. The minimum absolute atomic E-state index is 0.0133. The van der Waals surface area contributed by atoms with E-state index in [0.717, 1.165) is 5.56 Å². The van der Waals surface area contributed by atoms with Crippen LogP contribution in [-0.4, -0.2) is 38.2 Å². The third kappa shape index (κ3) is 6.09. The minimum Gasteiger partial charge on any atom is -0.339 e. The van der Waals surface area contributed by atoms with E-state index < -0.39 is 15.9 Å². The molecule has 0 spiro atoms. The molecule has 0 radical (unpaired) electrons. The molecule has 178 valence electrons. The maximum absolute atomic E-state index is 12.9. The number of nitrogens with zero attached hydrogens (tertiary/aromatic N) is 1. The lowest BCUT2D eigenvalue weighted by molar-refractivity contribution is 0.0773. The Labute approximate surface area is 200 Å². The second-order valence-electron chi connectivity index (χ2n) is 7.80. The fraction of sp³-hybridized carbons (Fsp3) is 0.231. The van der Waals surface area contributed by atoms with E-state index in [4.69, 9.17) is 0 Å². The lowest BCUT2D eigenvalue weighted by Crippen LogP contribution is -2.30. The molecule has 0 fully saturated rings. The van der Waals surface area contributed by atoms with Gasteiger partial charge in [-0.15, -0.1) is 0 Å². The second kappa shape index (κ2) is 11.1. The number of rotatable bonds is 9. The summed E-state index contributed by atoms with van der Waals surface area (Å²) in [5, 5.41) is 2.78. The van der Waals surface area contributed by atoms with Gasteiger partial charge in [0.05, 0.1) is 4.90 Å². The van der Waals surface area contributed by atoms with Crippen LogP contribution in [-0.2, 0) is 16.6 Å². The Balaban J connectivity index is 1.74. The van der Waals surface area contributed by atoms with E-state index in [2.05, 4.69) is 10.0 Å². The number of sulfonamides is 1. The molecule has 7 nitrogen and oxygen atoms in total.